The van der Waals surface area contributed by atoms with E-state index in [0.29, 0.717) is 0 Å². The molecule has 0 heterocycles. The molecular formula is C15H29N2O8P. The van der Waals surface area contributed by atoms with Gasteiger partial charge in [-0.05, 0) is 41.5 Å². The smallest absolute Gasteiger partial charge is 0.408 e. The first-order valence-electron chi connectivity index (χ1n) is 8.20. The Balaban J connectivity index is 5.26. The van der Waals surface area contributed by atoms with Crippen LogP contribution in [0, 0.1) is 0 Å². The molecule has 0 fully saturated rings. The van der Waals surface area contributed by atoms with Crippen molar-refractivity contribution in [2.75, 3.05) is 19.8 Å². The summed E-state index contributed by atoms with van der Waals surface area (Å²) < 4.78 is 27.9. The van der Waals surface area contributed by atoms with Crippen molar-refractivity contribution in [2.24, 2.45) is 0 Å². The molecule has 0 aliphatic rings. The van der Waals surface area contributed by atoms with Gasteiger partial charge in [0.05, 0.1) is 19.8 Å². The molecule has 0 aromatic heterocycles. The van der Waals surface area contributed by atoms with Gasteiger partial charge in [0, 0.05) is 0 Å². The van der Waals surface area contributed by atoms with Crippen molar-refractivity contribution in [2.45, 2.75) is 59.0 Å². The lowest BCUT2D eigenvalue weighted by Gasteiger charge is -2.27. The van der Waals surface area contributed by atoms with Gasteiger partial charge in [0.25, 0.3) is 0 Å². The van der Waals surface area contributed by atoms with Crippen LogP contribution in [0.2, 0.25) is 0 Å². The fourth-order valence-electron chi connectivity index (χ4n) is 1.83. The third-order valence-corrected chi connectivity index (χ3v) is 5.15. The van der Waals surface area contributed by atoms with Gasteiger partial charge in [-0.2, -0.15) is 0 Å². The Morgan fingerprint density at radius 1 is 1.08 bits per heavy atom. The fourth-order valence-corrected chi connectivity index (χ4v) is 3.65. The molecule has 0 saturated heterocycles. The van der Waals surface area contributed by atoms with Crippen LogP contribution in [0.4, 0.5) is 4.79 Å². The number of aliphatic hydroxyl groups is 1. The van der Waals surface area contributed by atoms with Crippen LogP contribution in [0.3, 0.4) is 0 Å². The quantitative estimate of drug-likeness (QED) is 0.468. The monoisotopic (exact) mass is 396 g/mol. The number of hydrogen-bond donors (Lipinski definition) is 3. The standard InChI is InChI=1S/C15H29N2O8P/c1-7-23-26(22,24-8-2)13(10(3)19)17-12(20)11(9-18)16-14(21)25-15(4,5)6/h11,13,18H,7-9H2,1-6H3,(H,16,21)(H,17,20)/t11-,13?/m0/s1. The summed E-state index contributed by atoms with van der Waals surface area (Å²) in [6.45, 7) is 8.37. The first-order valence-corrected chi connectivity index (χ1v) is 9.81. The lowest BCUT2D eigenvalue weighted by Crippen LogP contribution is -2.53. The largest absolute Gasteiger partial charge is 0.444 e. The van der Waals surface area contributed by atoms with Crippen LogP contribution in [-0.2, 0) is 27.9 Å². The molecule has 0 radical (unpaired) electrons. The van der Waals surface area contributed by atoms with Crippen molar-refractivity contribution in [1.29, 1.82) is 0 Å². The highest BCUT2D eigenvalue weighted by Crippen LogP contribution is 2.52. The Bertz CT molecular complexity index is 536. The summed E-state index contributed by atoms with van der Waals surface area (Å²) in [5, 5.41) is 13.7. The number of carbonyl (C=O) groups excluding carboxylic acids is 3. The summed E-state index contributed by atoms with van der Waals surface area (Å²) in [6.07, 6.45) is -0.927. The lowest BCUT2D eigenvalue weighted by atomic mass is 10.2. The van der Waals surface area contributed by atoms with E-state index in [0.717, 1.165) is 6.92 Å². The molecule has 1 unspecified atom stereocenters. The van der Waals surface area contributed by atoms with Gasteiger partial charge < -0.3 is 29.5 Å². The van der Waals surface area contributed by atoms with Gasteiger partial charge in [0.15, 0.2) is 11.6 Å². The minimum atomic E-state index is -3.96. The van der Waals surface area contributed by atoms with Gasteiger partial charge >= 0.3 is 13.7 Å². The molecule has 2 atom stereocenters. The van der Waals surface area contributed by atoms with E-state index >= 15 is 0 Å². The van der Waals surface area contributed by atoms with Gasteiger partial charge in [0.1, 0.15) is 11.6 Å². The van der Waals surface area contributed by atoms with E-state index < -0.39 is 49.4 Å². The minimum Gasteiger partial charge on any atom is -0.444 e. The highest BCUT2D eigenvalue weighted by atomic mass is 31.2. The molecule has 0 aliphatic carbocycles. The van der Waals surface area contributed by atoms with Crippen LogP contribution in [0.5, 0.6) is 0 Å². The highest BCUT2D eigenvalue weighted by Gasteiger charge is 2.41. The van der Waals surface area contributed by atoms with E-state index in [2.05, 4.69) is 10.6 Å². The summed E-state index contributed by atoms with van der Waals surface area (Å²) in [6, 6.07) is -1.41. The number of alkyl carbamates (subject to hydrolysis) is 1. The Hall–Kier alpha value is -1.48. The van der Waals surface area contributed by atoms with Crippen LogP contribution < -0.4 is 10.6 Å². The SMILES string of the molecule is CCOP(=O)(OCC)C(NC(=O)[C@H](CO)NC(=O)OC(C)(C)C)C(C)=O. The van der Waals surface area contributed by atoms with Crippen LogP contribution >= 0.6 is 7.60 Å². The van der Waals surface area contributed by atoms with Crippen LogP contribution in [0.15, 0.2) is 0 Å². The number of ether oxygens (including phenoxy) is 1. The zero-order chi connectivity index (χ0) is 20.5. The molecule has 0 bridgehead atoms. The molecule has 0 saturated carbocycles. The maximum absolute atomic E-state index is 12.8. The van der Waals surface area contributed by atoms with E-state index in [4.69, 9.17) is 13.8 Å². The summed E-state index contributed by atoms with van der Waals surface area (Å²) in [5.41, 5.74) is -0.803. The lowest BCUT2D eigenvalue weighted by molar-refractivity contribution is -0.127. The molecule has 10 nitrogen and oxygen atoms in total. The van der Waals surface area contributed by atoms with Gasteiger partial charge in [-0.1, -0.05) is 0 Å². The predicted octanol–water partition coefficient (Wildman–Crippen LogP) is 1.17. The van der Waals surface area contributed by atoms with Crippen molar-refractivity contribution in [1.82, 2.24) is 10.6 Å². The molecule has 2 amide bonds. The molecule has 3 N–H and O–H groups in total. The van der Waals surface area contributed by atoms with Crippen LogP contribution in [0.1, 0.15) is 41.5 Å². The van der Waals surface area contributed by atoms with Crippen LogP contribution in [-0.4, -0.2) is 60.1 Å². The van der Waals surface area contributed by atoms with E-state index in [1.807, 2.05) is 0 Å². The highest BCUT2D eigenvalue weighted by molar-refractivity contribution is 7.55. The number of hydrogen-bond acceptors (Lipinski definition) is 8. The Labute approximate surface area is 153 Å². The number of carbonyl (C=O) groups is 3. The molecule has 152 valence electrons. The Morgan fingerprint density at radius 2 is 1.58 bits per heavy atom. The van der Waals surface area contributed by atoms with Gasteiger partial charge in [-0.15, -0.1) is 0 Å². The average molecular weight is 396 g/mol. The zero-order valence-corrected chi connectivity index (χ0v) is 16.9. The van der Waals surface area contributed by atoms with Gasteiger partial charge in [0.2, 0.25) is 5.91 Å². The maximum atomic E-state index is 12.8. The van der Waals surface area contributed by atoms with Crippen molar-refractivity contribution in [3.8, 4) is 0 Å². The number of ketones is 1. The first kappa shape index (κ1) is 24.5. The van der Waals surface area contributed by atoms with Crippen LogP contribution in [0.25, 0.3) is 0 Å². The molecule has 0 aromatic carbocycles. The second-order valence-electron chi connectivity index (χ2n) is 6.28. The summed E-state index contributed by atoms with van der Waals surface area (Å²) in [4.78, 5) is 36.0. The Kier molecular flexibility index (Phi) is 10.0. The molecule has 0 aromatic rings. The number of aliphatic hydroxyl groups excluding tert-OH is 1. The fraction of sp³-hybridized carbons (Fsp3) is 0.800. The molecule has 26 heavy (non-hydrogen) atoms. The molecule has 0 spiro atoms. The Morgan fingerprint density at radius 3 is 1.92 bits per heavy atom. The second kappa shape index (κ2) is 10.6. The average Bonchev–Trinajstić information content (AvgIpc) is 2.48. The summed E-state index contributed by atoms with van der Waals surface area (Å²) in [7, 11) is -3.96. The van der Waals surface area contributed by atoms with Crippen molar-refractivity contribution < 1.29 is 37.8 Å². The molecule has 0 aliphatic heterocycles. The van der Waals surface area contributed by atoms with E-state index in [1.54, 1.807) is 34.6 Å². The first-order chi connectivity index (χ1) is 11.9. The number of amides is 2. The third-order valence-electron chi connectivity index (χ3n) is 2.79. The predicted molar refractivity (Wildman–Crippen MR) is 93.7 cm³/mol. The van der Waals surface area contributed by atoms with Crippen molar-refractivity contribution in [3.63, 3.8) is 0 Å². The third kappa shape index (κ3) is 8.27. The summed E-state index contributed by atoms with van der Waals surface area (Å²) in [5.74, 6) is -3.15. The van der Waals surface area contributed by atoms with E-state index in [9.17, 15) is 24.1 Å². The molecular weight excluding hydrogens is 367 g/mol. The van der Waals surface area contributed by atoms with Gasteiger partial charge in [-0.25, -0.2) is 4.79 Å². The van der Waals surface area contributed by atoms with Crippen molar-refractivity contribution >= 4 is 25.4 Å². The number of Topliss-reactive ketones (excluding diaryl/α,β-unsaturated/α-hetero) is 1. The van der Waals surface area contributed by atoms with E-state index in [1.165, 1.54) is 0 Å². The number of rotatable bonds is 10. The normalized spacial score (nSPS) is 14.3. The van der Waals surface area contributed by atoms with E-state index in [-0.39, 0.29) is 13.2 Å². The van der Waals surface area contributed by atoms with Crippen molar-refractivity contribution in [3.05, 3.63) is 0 Å². The molecule has 0 rings (SSSR count). The zero-order valence-electron chi connectivity index (χ0n) is 16.0. The maximum Gasteiger partial charge on any atom is 0.408 e. The topological polar surface area (TPSA) is 140 Å². The molecule has 11 heteroatoms. The van der Waals surface area contributed by atoms with Gasteiger partial charge in [-0.3, -0.25) is 14.2 Å². The second-order valence-corrected chi connectivity index (χ2v) is 8.39. The summed E-state index contributed by atoms with van der Waals surface area (Å²) >= 11 is 0. The minimum absolute atomic E-state index is 0.00346. The number of nitrogens with one attached hydrogen (secondary N) is 2.